The van der Waals surface area contributed by atoms with E-state index in [4.69, 9.17) is 28.9 Å². The molecule has 3 aromatic rings. The summed E-state index contributed by atoms with van der Waals surface area (Å²) in [6.45, 7) is 1.84. The summed E-state index contributed by atoms with van der Waals surface area (Å²) in [6.07, 6.45) is 1.19. The van der Waals surface area contributed by atoms with Crippen LogP contribution < -0.4 is 11.1 Å². The number of anilines is 1. The largest absolute Gasteiger partial charge is 0.404 e. The molecule has 0 unspecified atom stereocenters. The first-order valence-corrected chi connectivity index (χ1v) is 8.83. The number of hydrogen-bond acceptors (Lipinski definition) is 4. The zero-order chi connectivity index (χ0) is 19.4. The molecule has 0 saturated carbocycles. The molecule has 0 aliphatic carbocycles. The fourth-order valence-corrected chi connectivity index (χ4v) is 2.77. The van der Waals surface area contributed by atoms with Crippen molar-refractivity contribution in [2.75, 3.05) is 5.32 Å². The number of aryl methyl sites for hydroxylation is 1. The Morgan fingerprint density at radius 2 is 1.78 bits per heavy atom. The van der Waals surface area contributed by atoms with Gasteiger partial charge in [-0.25, -0.2) is 9.97 Å². The molecule has 0 spiro atoms. The number of benzene rings is 2. The molecular weight excluding hydrogens is 383 g/mol. The summed E-state index contributed by atoms with van der Waals surface area (Å²) in [6, 6.07) is 16.3. The van der Waals surface area contributed by atoms with Crippen molar-refractivity contribution in [2.45, 2.75) is 6.92 Å². The van der Waals surface area contributed by atoms with Crippen LogP contribution in [-0.2, 0) is 4.79 Å². The van der Waals surface area contributed by atoms with E-state index in [0.29, 0.717) is 21.4 Å². The normalized spacial score (nSPS) is 11.3. The minimum atomic E-state index is -0.444. The molecular formula is C20H16Cl2N4O. The predicted octanol–water partition coefficient (Wildman–Crippen LogP) is 4.70. The van der Waals surface area contributed by atoms with Gasteiger partial charge in [-0.1, -0.05) is 53.5 Å². The van der Waals surface area contributed by atoms with Crippen LogP contribution >= 0.6 is 23.2 Å². The third-order valence-electron chi connectivity index (χ3n) is 3.75. The molecule has 0 saturated heterocycles. The van der Waals surface area contributed by atoms with E-state index < -0.39 is 5.91 Å². The van der Waals surface area contributed by atoms with E-state index >= 15 is 0 Å². The lowest BCUT2D eigenvalue weighted by Crippen LogP contribution is -2.17. The SMILES string of the molecule is Cc1cc(-c2ccccc2)nc(C(=CN)C(=O)Nc2ccc(Cl)c(Cl)c2)n1. The van der Waals surface area contributed by atoms with Crippen LogP contribution in [-0.4, -0.2) is 15.9 Å². The quantitative estimate of drug-likeness (QED) is 0.624. The highest BCUT2D eigenvalue weighted by Crippen LogP contribution is 2.26. The summed E-state index contributed by atoms with van der Waals surface area (Å²) in [7, 11) is 0. The van der Waals surface area contributed by atoms with Gasteiger partial charge in [-0.05, 0) is 31.2 Å². The van der Waals surface area contributed by atoms with Gasteiger partial charge in [-0.2, -0.15) is 0 Å². The van der Waals surface area contributed by atoms with Crippen molar-refractivity contribution in [1.82, 2.24) is 9.97 Å². The lowest BCUT2D eigenvalue weighted by atomic mass is 10.1. The van der Waals surface area contributed by atoms with Gasteiger partial charge in [0.05, 0.1) is 21.3 Å². The first-order valence-electron chi connectivity index (χ1n) is 8.07. The van der Waals surface area contributed by atoms with Crippen LogP contribution in [0.25, 0.3) is 16.8 Å². The number of carbonyl (C=O) groups excluding carboxylic acids is 1. The van der Waals surface area contributed by atoms with E-state index in [-0.39, 0.29) is 11.4 Å². The van der Waals surface area contributed by atoms with Crippen LogP contribution in [0.1, 0.15) is 11.5 Å². The summed E-state index contributed by atoms with van der Waals surface area (Å²) >= 11 is 11.9. The van der Waals surface area contributed by atoms with Gasteiger partial charge >= 0.3 is 0 Å². The number of hydrogen-bond donors (Lipinski definition) is 2. The Labute approximate surface area is 166 Å². The van der Waals surface area contributed by atoms with Crippen LogP contribution in [0.15, 0.2) is 60.8 Å². The van der Waals surface area contributed by atoms with E-state index in [2.05, 4.69) is 15.3 Å². The number of nitrogens with zero attached hydrogens (tertiary/aromatic N) is 2. The molecule has 0 aliphatic rings. The number of amides is 1. The van der Waals surface area contributed by atoms with E-state index in [1.165, 1.54) is 6.20 Å². The Hall–Kier alpha value is -2.89. The van der Waals surface area contributed by atoms with Gasteiger partial charge in [-0.15, -0.1) is 0 Å². The molecule has 3 rings (SSSR count). The maximum absolute atomic E-state index is 12.7. The van der Waals surface area contributed by atoms with Gasteiger partial charge in [0.2, 0.25) is 0 Å². The minimum absolute atomic E-state index is 0.155. The third kappa shape index (κ3) is 4.45. The van der Waals surface area contributed by atoms with Gasteiger partial charge in [0.25, 0.3) is 5.91 Å². The third-order valence-corrected chi connectivity index (χ3v) is 4.49. The van der Waals surface area contributed by atoms with E-state index in [1.54, 1.807) is 18.2 Å². The number of rotatable bonds is 4. The van der Waals surface area contributed by atoms with E-state index in [9.17, 15) is 4.79 Å². The van der Waals surface area contributed by atoms with Crippen LogP contribution in [0.3, 0.4) is 0 Å². The maximum Gasteiger partial charge on any atom is 0.260 e. The maximum atomic E-state index is 12.7. The van der Waals surface area contributed by atoms with Gasteiger partial charge in [0.15, 0.2) is 5.82 Å². The number of halogens is 2. The van der Waals surface area contributed by atoms with Crippen LogP contribution in [0.4, 0.5) is 5.69 Å². The van der Waals surface area contributed by atoms with E-state index in [0.717, 1.165) is 11.3 Å². The second kappa shape index (κ2) is 8.20. The molecule has 0 fully saturated rings. The van der Waals surface area contributed by atoms with Gasteiger partial charge in [0.1, 0.15) is 0 Å². The molecule has 1 aromatic heterocycles. The van der Waals surface area contributed by atoms with Crippen molar-refractivity contribution in [2.24, 2.45) is 5.73 Å². The van der Waals surface area contributed by atoms with Gasteiger partial charge in [-0.3, -0.25) is 4.79 Å². The number of carbonyl (C=O) groups is 1. The molecule has 0 radical (unpaired) electrons. The molecule has 1 heterocycles. The molecule has 0 aliphatic heterocycles. The van der Waals surface area contributed by atoms with Gasteiger partial charge < -0.3 is 11.1 Å². The topological polar surface area (TPSA) is 80.9 Å². The lowest BCUT2D eigenvalue weighted by molar-refractivity contribution is -0.111. The molecule has 0 atom stereocenters. The Balaban J connectivity index is 1.92. The summed E-state index contributed by atoms with van der Waals surface area (Å²) < 4.78 is 0. The molecule has 2 aromatic carbocycles. The van der Waals surface area contributed by atoms with Crippen LogP contribution in [0, 0.1) is 6.92 Å². The first kappa shape index (κ1) is 18.9. The summed E-state index contributed by atoms with van der Waals surface area (Å²) in [5, 5.41) is 3.47. The smallest absolute Gasteiger partial charge is 0.260 e. The second-order valence-electron chi connectivity index (χ2n) is 5.75. The van der Waals surface area contributed by atoms with Crippen LogP contribution in [0.5, 0.6) is 0 Å². The predicted molar refractivity (Wildman–Crippen MR) is 109 cm³/mol. The Kier molecular flexibility index (Phi) is 5.74. The fraction of sp³-hybridized carbons (Fsp3) is 0.0500. The molecule has 136 valence electrons. The van der Waals surface area contributed by atoms with Crippen molar-refractivity contribution >= 4 is 40.4 Å². The number of nitrogens with two attached hydrogens (primary N) is 1. The molecule has 3 N–H and O–H groups in total. The highest BCUT2D eigenvalue weighted by molar-refractivity contribution is 6.42. The average Bonchev–Trinajstić information content (AvgIpc) is 2.65. The molecule has 27 heavy (non-hydrogen) atoms. The molecule has 7 heteroatoms. The van der Waals surface area contributed by atoms with Crippen molar-refractivity contribution in [1.29, 1.82) is 0 Å². The molecule has 0 bridgehead atoms. The highest BCUT2D eigenvalue weighted by Gasteiger charge is 2.17. The Morgan fingerprint density at radius 3 is 2.44 bits per heavy atom. The minimum Gasteiger partial charge on any atom is -0.404 e. The number of aromatic nitrogens is 2. The zero-order valence-corrected chi connectivity index (χ0v) is 15.9. The van der Waals surface area contributed by atoms with Gasteiger partial charge in [0, 0.05) is 23.1 Å². The Morgan fingerprint density at radius 1 is 1.04 bits per heavy atom. The summed E-state index contributed by atoms with van der Waals surface area (Å²) in [5.74, 6) is -0.200. The summed E-state index contributed by atoms with van der Waals surface area (Å²) in [4.78, 5) is 21.5. The monoisotopic (exact) mass is 398 g/mol. The number of nitrogens with one attached hydrogen (secondary N) is 1. The highest BCUT2D eigenvalue weighted by atomic mass is 35.5. The first-order chi connectivity index (χ1) is 13.0. The van der Waals surface area contributed by atoms with Crippen molar-refractivity contribution in [3.05, 3.63) is 82.4 Å². The lowest BCUT2D eigenvalue weighted by Gasteiger charge is -2.10. The van der Waals surface area contributed by atoms with Crippen molar-refractivity contribution < 1.29 is 4.79 Å². The second-order valence-corrected chi connectivity index (χ2v) is 6.56. The zero-order valence-electron chi connectivity index (χ0n) is 14.4. The fourth-order valence-electron chi connectivity index (χ4n) is 2.47. The summed E-state index contributed by atoms with van der Waals surface area (Å²) in [5.41, 5.74) is 8.70. The molecule has 5 nitrogen and oxygen atoms in total. The van der Waals surface area contributed by atoms with Crippen molar-refractivity contribution in [3.8, 4) is 11.3 Å². The average molecular weight is 399 g/mol. The van der Waals surface area contributed by atoms with Crippen LogP contribution in [0.2, 0.25) is 10.0 Å². The molecule has 1 amide bonds. The Bertz CT molecular complexity index is 1020. The standard InChI is InChI=1S/C20H16Cl2N4O/c1-12-9-18(13-5-3-2-4-6-13)26-19(24-12)15(11-23)20(27)25-14-7-8-16(21)17(22)10-14/h2-11H,23H2,1H3,(H,25,27). The van der Waals surface area contributed by atoms with E-state index in [1.807, 2.05) is 43.3 Å². The van der Waals surface area contributed by atoms with Crippen molar-refractivity contribution in [3.63, 3.8) is 0 Å².